The van der Waals surface area contributed by atoms with Gasteiger partial charge in [-0.1, -0.05) is 30.3 Å². The minimum atomic E-state index is -0.348. The first kappa shape index (κ1) is 20.2. The van der Waals surface area contributed by atoms with Crippen LogP contribution in [0.15, 0.2) is 48.5 Å². The molecule has 3 heterocycles. The number of aromatic amines is 1. The number of hydrogen-bond donors (Lipinski definition) is 1. The molecule has 0 aliphatic carbocycles. The fourth-order valence-electron chi connectivity index (χ4n) is 4.87. The molecule has 7 nitrogen and oxygen atoms in total. The largest absolute Gasteiger partial charge is 0.493 e. The summed E-state index contributed by atoms with van der Waals surface area (Å²) >= 11 is 0. The molecular formula is C25H26N4O3. The highest BCUT2D eigenvalue weighted by molar-refractivity contribution is 5.94. The lowest BCUT2D eigenvalue weighted by atomic mass is 9.91. The maximum atomic E-state index is 13.8. The Morgan fingerprint density at radius 1 is 1.12 bits per heavy atom. The van der Waals surface area contributed by atoms with E-state index >= 15 is 0 Å². The lowest BCUT2D eigenvalue weighted by molar-refractivity contribution is 0.0678. The van der Waals surface area contributed by atoms with E-state index in [0.29, 0.717) is 23.7 Å². The van der Waals surface area contributed by atoms with E-state index in [1.807, 2.05) is 48.2 Å². The minimum Gasteiger partial charge on any atom is -0.493 e. The summed E-state index contributed by atoms with van der Waals surface area (Å²) in [4.78, 5) is 19.3. The van der Waals surface area contributed by atoms with Gasteiger partial charge < -0.3 is 19.4 Å². The van der Waals surface area contributed by atoms with Crippen molar-refractivity contribution in [1.82, 2.24) is 19.7 Å². The third-order valence-electron chi connectivity index (χ3n) is 6.24. The van der Waals surface area contributed by atoms with E-state index in [9.17, 15) is 4.79 Å². The Hall–Kier alpha value is -3.74. The fraction of sp³-hybridized carbons (Fsp3) is 0.280. The summed E-state index contributed by atoms with van der Waals surface area (Å²) in [6, 6.07) is 15.6. The van der Waals surface area contributed by atoms with Crippen molar-refractivity contribution in [2.45, 2.75) is 19.4 Å². The third kappa shape index (κ3) is 3.04. The van der Waals surface area contributed by atoms with Crippen molar-refractivity contribution < 1.29 is 14.3 Å². The van der Waals surface area contributed by atoms with Crippen LogP contribution in [0.4, 0.5) is 0 Å². The number of rotatable bonds is 4. The molecule has 32 heavy (non-hydrogen) atoms. The number of aryl methyl sites for hydroxylation is 2. The maximum absolute atomic E-state index is 13.8. The maximum Gasteiger partial charge on any atom is 0.272 e. The number of ether oxygens (including phenoxy) is 2. The minimum absolute atomic E-state index is 0.0627. The number of aromatic nitrogens is 3. The van der Waals surface area contributed by atoms with Crippen LogP contribution >= 0.6 is 0 Å². The van der Waals surface area contributed by atoms with Crippen LogP contribution < -0.4 is 9.47 Å². The van der Waals surface area contributed by atoms with Crippen molar-refractivity contribution in [3.05, 3.63) is 76.7 Å². The average molecular weight is 431 g/mol. The quantitative estimate of drug-likeness (QED) is 0.531. The normalized spacial score (nSPS) is 15.6. The number of nitrogens with zero attached hydrogens (tertiary/aromatic N) is 3. The molecule has 2 aromatic heterocycles. The summed E-state index contributed by atoms with van der Waals surface area (Å²) in [7, 11) is 5.06. The van der Waals surface area contributed by atoms with Gasteiger partial charge in [0.1, 0.15) is 11.7 Å². The molecule has 1 N–H and O–H groups in total. The highest BCUT2D eigenvalue weighted by atomic mass is 16.5. The highest BCUT2D eigenvalue weighted by Crippen LogP contribution is 2.44. The van der Waals surface area contributed by atoms with Gasteiger partial charge in [0.05, 0.1) is 19.9 Å². The zero-order valence-electron chi connectivity index (χ0n) is 18.7. The van der Waals surface area contributed by atoms with Crippen LogP contribution in [0.3, 0.4) is 0 Å². The topological polar surface area (TPSA) is 72.4 Å². The second-order valence-electron chi connectivity index (χ2n) is 8.09. The number of para-hydroxylation sites is 2. The zero-order chi connectivity index (χ0) is 22.4. The van der Waals surface area contributed by atoms with Gasteiger partial charge in [-0.05, 0) is 37.1 Å². The number of nitrogens with one attached hydrogen (secondary N) is 1. The van der Waals surface area contributed by atoms with E-state index in [0.717, 1.165) is 28.9 Å². The predicted octanol–water partition coefficient (Wildman–Crippen LogP) is 4.01. The number of carbonyl (C=O) groups is 1. The smallest absolute Gasteiger partial charge is 0.272 e. The van der Waals surface area contributed by atoms with Crippen molar-refractivity contribution in [2.75, 3.05) is 20.8 Å². The van der Waals surface area contributed by atoms with Crippen molar-refractivity contribution in [2.24, 2.45) is 7.05 Å². The van der Waals surface area contributed by atoms with Gasteiger partial charge in [-0.2, -0.15) is 5.10 Å². The molecule has 1 aliphatic heterocycles. The number of amides is 1. The first-order valence-corrected chi connectivity index (χ1v) is 10.7. The van der Waals surface area contributed by atoms with Gasteiger partial charge in [-0.15, -0.1) is 0 Å². The van der Waals surface area contributed by atoms with Gasteiger partial charge in [-0.25, -0.2) is 0 Å². The van der Waals surface area contributed by atoms with Crippen LogP contribution in [0.1, 0.15) is 39.0 Å². The number of carbonyl (C=O) groups excluding carboxylic acids is 1. The van der Waals surface area contributed by atoms with Gasteiger partial charge in [0.25, 0.3) is 5.91 Å². The highest BCUT2D eigenvalue weighted by Gasteiger charge is 2.38. The molecule has 2 aromatic carbocycles. The fourth-order valence-corrected chi connectivity index (χ4v) is 4.87. The Kier molecular flexibility index (Phi) is 4.89. The van der Waals surface area contributed by atoms with Crippen LogP contribution in [-0.4, -0.2) is 46.3 Å². The van der Waals surface area contributed by atoms with Gasteiger partial charge in [0, 0.05) is 35.8 Å². The molecule has 1 aliphatic rings. The Bertz CT molecular complexity index is 1320. The van der Waals surface area contributed by atoms with Crippen molar-refractivity contribution in [3.8, 4) is 11.5 Å². The zero-order valence-corrected chi connectivity index (χ0v) is 18.7. The van der Waals surface area contributed by atoms with Gasteiger partial charge >= 0.3 is 0 Å². The molecule has 0 saturated carbocycles. The molecular weight excluding hydrogens is 404 g/mol. The molecule has 0 radical (unpaired) electrons. The number of benzene rings is 2. The standard InChI is InChI=1S/C25H26N4O3/c1-15-14-20(28(2)27-15)25(30)29-13-12-17-16-8-5-6-10-19(16)26-22(17)23(29)18-9-7-11-21(31-3)24(18)32-4/h5-11,14,23,26H,12-13H2,1-4H3/t23-/m1/s1. The Labute approximate surface area is 186 Å². The molecule has 5 rings (SSSR count). The molecule has 4 aromatic rings. The Balaban J connectivity index is 1.73. The molecule has 7 heteroatoms. The lowest BCUT2D eigenvalue weighted by Gasteiger charge is -2.37. The van der Waals surface area contributed by atoms with E-state index in [2.05, 4.69) is 22.2 Å². The molecule has 1 atom stereocenters. The first-order valence-electron chi connectivity index (χ1n) is 10.7. The Morgan fingerprint density at radius 3 is 2.66 bits per heavy atom. The van der Waals surface area contributed by atoms with E-state index in [4.69, 9.17) is 9.47 Å². The van der Waals surface area contributed by atoms with E-state index < -0.39 is 0 Å². The number of fused-ring (bicyclic) bond motifs is 3. The van der Waals surface area contributed by atoms with Crippen molar-refractivity contribution in [1.29, 1.82) is 0 Å². The molecule has 0 saturated heterocycles. The van der Waals surface area contributed by atoms with Crippen LogP contribution in [0.25, 0.3) is 10.9 Å². The summed E-state index contributed by atoms with van der Waals surface area (Å²) in [6.45, 7) is 2.48. The van der Waals surface area contributed by atoms with Crippen LogP contribution in [0, 0.1) is 6.92 Å². The molecule has 0 bridgehead atoms. The molecule has 0 unspecified atom stereocenters. The van der Waals surface area contributed by atoms with Crippen molar-refractivity contribution >= 4 is 16.8 Å². The first-order chi connectivity index (χ1) is 15.5. The number of hydrogen-bond acceptors (Lipinski definition) is 4. The summed E-state index contributed by atoms with van der Waals surface area (Å²) < 4.78 is 13.0. The average Bonchev–Trinajstić information content (AvgIpc) is 3.36. The van der Waals surface area contributed by atoms with E-state index in [1.54, 1.807) is 25.9 Å². The summed E-state index contributed by atoms with van der Waals surface area (Å²) in [5.74, 6) is 1.20. The van der Waals surface area contributed by atoms with Crippen LogP contribution in [0.2, 0.25) is 0 Å². The molecule has 1 amide bonds. The second-order valence-corrected chi connectivity index (χ2v) is 8.09. The second kappa shape index (κ2) is 7.75. The predicted molar refractivity (Wildman–Crippen MR) is 122 cm³/mol. The van der Waals surface area contributed by atoms with Crippen molar-refractivity contribution in [3.63, 3.8) is 0 Å². The van der Waals surface area contributed by atoms with Crippen LogP contribution in [0.5, 0.6) is 11.5 Å². The van der Waals surface area contributed by atoms with E-state index in [1.165, 1.54) is 10.9 Å². The third-order valence-corrected chi connectivity index (χ3v) is 6.24. The van der Waals surface area contributed by atoms with Gasteiger partial charge in [-0.3, -0.25) is 9.48 Å². The summed E-state index contributed by atoms with van der Waals surface area (Å²) in [5, 5.41) is 5.57. The molecule has 0 spiro atoms. The van der Waals surface area contributed by atoms with E-state index in [-0.39, 0.29) is 11.9 Å². The summed E-state index contributed by atoms with van der Waals surface area (Å²) in [5.41, 5.74) is 5.57. The number of methoxy groups -OCH3 is 2. The van der Waals surface area contributed by atoms with Gasteiger partial charge in [0.15, 0.2) is 11.5 Å². The lowest BCUT2D eigenvalue weighted by Crippen LogP contribution is -2.41. The summed E-state index contributed by atoms with van der Waals surface area (Å²) in [6.07, 6.45) is 0.769. The number of H-pyrrole nitrogens is 1. The molecule has 0 fully saturated rings. The monoisotopic (exact) mass is 430 g/mol. The molecule has 164 valence electrons. The van der Waals surface area contributed by atoms with Crippen LogP contribution in [-0.2, 0) is 13.5 Å². The SMILES string of the molecule is COc1cccc([C@@H]2c3[nH]c4ccccc4c3CCN2C(=O)c2cc(C)nn2C)c1OC. The Morgan fingerprint density at radius 2 is 1.94 bits per heavy atom. The van der Waals surface area contributed by atoms with Gasteiger partial charge in [0.2, 0.25) is 0 Å².